The van der Waals surface area contributed by atoms with Crippen LogP contribution in [0.2, 0.25) is 0 Å². The summed E-state index contributed by atoms with van der Waals surface area (Å²) in [5, 5.41) is 4.15. The van der Waals surface area contributed by atoms with Crippen molar-refractivity contribution in [3.63, 3.8) is 0 Å². The van der Waals surface area contributed by atoms with Gasteiger partial charge in [-0.05, 0) is 63.2 Å². The molecule has 1 fully saturated rings. The number of aryl methyl sites for hydroxylation is 1. The topological polar surface area (TPSA) is 60.0 Å². The quantitative estimate of drug-likeness (QED) is 0.520. The number of fused-ring (bicyclic) bond motifs is 1. The first-order chi connectivity index (χ1) is 13.3. The van der Waals surface area contributed by atoms with Crippen molar-refractivity contribution in [3.05, 3.63) is 41.5 Å². The summed E-state index contributed by atoms with van der Waals surface area (Å²) in [5.41, 5.74) is 3.04. The summed E-state index contributed by atoms with van der Waals surface area (Å²) in [7, 11) is 0. The van der Waals surface area contributed by atoms with Crippen LogP contribution in [0.15, 0.2) is 41.2 Å². The number of hydrogen-bond donors (Lipinski definition) is 0. The molecule has 1 aromatic carbocycles. The van der Waals surface area contributed by atoms with Gasteiger partial charge in [-0.3, -0.25) is 0 Å². The number of hydrogen-bond acceptors (Lipinski definition) is 6. The Hall–Kier alpha value is -2.51. The van der Waals surface area contributed by atoms with E-state index in [4.69, 9.17) is 4.52 Å². The molecule has 0 bridgehead atoms. The highest BCUT2D eigenvalue weighted by atomic mass is 32.1. The molecule has 4 aromatic rings. The summed E-state index contributed by atoms with van der Waals surface area (Å²) in [6.07, 6.45) is 4.58. The van der Waals surface area contributed by atoms with Gasteiger partial charge in [-0.25, -0.2) is 4.98 Å². The van der Waals surface area contributed by atoms with Gasteiger partial charge in [0.2, 0.25) is 5.82 Å². The van der Waals surface area contributed by atoms with Crippen molar-refractivity contribution in [1.82, 2.24) is 24.6 Å². The lowest BCUT2D eigenvalue weighted by atomic mass is 10.2. The molecular weight excluding hydrogens is 358 g/mol. The smallest absolute Gasteiger partial charge is 0.268 e. The molecule has 0 N–H and O–H groups in total. The molecule has 0 spiro atoms. The Morgan fingerprint density at radius 3 is 2.81 bits per heavy atom. The molecule has 0 saturated carbocycles. The number of imidazole rings is 1. The maximum atomic E-state index is 5.45. The summed E-state index contributed by atoms with van der Waals surface area (Å²) < 4.78 is 7.68. The van der Waals surface area contributed by atoms with Crippen LogP contribution in [0, 0.1) is 6.92 Å². The van der Waals surface area contributed by atoms with Gasteiger partial charge in [-0.15, -0.1) is 11.3 Å². The van der Waals surface area contributed by atoms with Crippen molar-refractivity contribution in [2.24, 2.45) is 0 Å². The predicted octanol–water partition coefficient (Wildman–Crippen LogP) is 4.22. The standard InChI is InChI=1S/C20H21N5OS/c1-14-4-7-18(27-14)20-22-19(23-26-20)15-5-6-17-16(12-15)21-13-25(17)11-10-24-8-2-3-9-24/h4-7,12-13H,2-3,8-11H2,1H3. The minimum atomic E-state index is 0.569. The molecular formula is C20H21N5OS. The maximum Gasteiger partial charge on any atom is 0.268 e. The second-order valence-electron chi connectivity index (χ2n) is 7.02. The van der Waals surface area contributed by atoms with E-state index in [0.29, 0.717) is 11.7 Å². The summed E-state index contributed by atoms with van der Waals surface area (Å²) in [6.45, 7) is 6.57. The van der Waals surface area contributed by atoms with Gasteiger partial charge < -0.3 is 14.0 Å². The van der Waals surface area contributed by atoms with Crippen molar-refractivity contribution >= 4 is 22.4 Å². The molecule has 1 saturated heterocycles. The number of benzene rings is 1. The van der Waals surface area contributed by atoms with Crippen molar-refractivity contribution < 1.29 is 4.52 Å². The van der Waals surface area contributed by atoms with E-state index in [1.807, 2.05) is 24.5 Å². The number of aromatic nitrogens is 4. The van der Waals surface area contributed by atoms with E-state index < -0.39 is 0 Å². The van der Waals surface area contributed by atoms with Crippen LogP contribution in [-0.4, -0.2) is 44.2 Å². The zero-order valence-electron chi connectivity index (χ0n) is 15.3. The SMILES string of the molecule is Cc1ccc(-c2nc(-c3ccc4c(c3)ncn4CCN3CCCC3)no2)s1. The zero-order valence-corrected chi connectivity index (χ0v) is 16.1. The number of likely N-dealkylation sites (tertiary alicyclic amines) is 1. The first kappa shape index (κ1) is 16.6. The molecule has 6 nitrogen and oxygen atoms in total. The van der Waals surface area contributed by atoms with Crippen LogP contribution >= 0.6 is 11.3 Å². The Labute approximate surface area is 161 Å². The van der Waals surface area contributed by atoms with Crippen LogP contribution in [0.3, 0.4) is 0 Å². The summed E-state index contributed by atoms with van der Waals surface area (Å²) >= 11 is 1.66. The highest BCUT2D eigenvalue weighted by Crippen LogP contribution is 2.29. The average Bonchev–Trinajstić information content (AvgIpc) is 3.45. The van der Waals surface area contributed by atoms with Gasteiger partial charge in [-0.1, -0.05) is 5.16 Å². The summed E-state index contributed by atoms with van der Waals surface area (Å²) in [6, 6.07) is 10.3. The monoisotopic (exact) mass is 379 g/mol. The molecule has 0 unspecified atom stereocenters. The fourth-order valence-electron chi connectivity index (χ4n) is 3.63. The predicted molar refractivity (Wildman–Crippen MR) is 107 cm³/mol. The molecule has 0 radical (unpaired) electrons. The van der Waals surface area contributed by atoms with E-state index in [2.05, 4.69) is 43.6 Å². The molecule has 27 heavy (non-hydrogen) atoms. The van der Waals surface area contributed by atoms with Crippen LogP contribution in [0.4, 0.5) is 0 Å². The highest BCUT2D eigenvalue weighted by Gasteiger charge is 2.15. The molecule has 7 heteroatoms. The molecule has 0 aliphatic carbocycles. The fraction of sp³-hybridized carbons (Fsp3) is 0.350. The van der Waals surface area contributed by atoms with Crippen molar-refractivity contribution in [2.75, 3.05) is 19.6 Å². The molecule has 5 rings (SSSR count). The minimum Gasteiger partial charge on any atom is -0.333 e. The molecule has 4 heterocycles. The molecule has 0 atom stereocenters. The Morgan fingerprint density at radius 2 is 2.00 bits per heavy atom. The van der Waals surface area contributed by atoms with Gasteiger partial charge in [0.1, 0.15) is 0 Å². The summed E-state index contributed by atoms with van der Waals surface area (Å²) in [4.78, 5) is 13.9. The molecule has 1 aliphatic heterocycles. The lowest BCUT2D eigenvalue weighted by Crippen LogP contribution is -2.23. The van der Waals surface area contributed by atoms with Crippen LogP contribution < -0.4 is 0 Å². The highest BCUT2D eigenvalue weighted by molar-refractivity contribution is 7.15. The number of thiophene rings is 1. The maximum absolute atomic E-state index is 5.45. The van der Waals surface area contributed by atoms with Crippen LogP contribution in [0.25, 0.3) is 33.2 Å². The number of rotatable bonds is 5. The Balaban J connectivity index is 1.38. The number of nitrogens with zero attached hydrogens (tertiary/aromatic N) is 5. The minimum absolute atomic E-state index is 0.569. The fourth-order valence-corrected chi connectivity index (χ4v) is 4.42. The largest absolute Gasteiger partial charge is 0.333 e. The van der Waals surface area contributed by atoms with Gasteiger partial charge in [0.25, 0.3) is 5.89 Å². The van der Waals surface area contributed by atoms with Gasteiger partial charge in [0.05, 0.1) is 22.2 Å². The van der Waals surface area contributed by atoms with E-state index in [-0.39, 0.29) is 0 Å². The van der Waals surface area contributed by atoms with E-state index >= 15 is 0 Å². The van der Waals surface area contributed by atoms with Crippen LogP contribution in [0.1, 0.15) is 17.7 Å². The third kappa shape index (κ3) is 3.28. The molecule has 1 aliphatic rings. The first-order valence-electron chi connectivity index (χ1n) is 9.34. The average molecular weight is 379 g/mol. The molecule has 3 aromatic heterocycles. The van der Waals surface area contributed by atoms with E-state index in [9.17, 15) is 0 Å². The molecule has 0 amide bonds. The van der Waals surface area contributed by atoms with Crippen LogP contribution in [-0.2, 0) is 6.54 Å². The van der Waals surface area contributed by atoms with E-state index in [1.165, 1.54) is 30.8 Å². The van der Waals surface area contributed by atoms with Crippen molar-refractivity contribution in [3.8, 4) is 22.2 Å². The third-order valence-electron chi connectivity index (χ3n) is 5.11. The first-order valence-corrected chi connectivity index (χ1v) is 10.2. The van der Waals surface area contributed by atoms with E-state index in [1.54, 1.807) is 11.3 Å². The Bertz CT molecular complexity index is 1070. The second kappa shape index (κ2) is 6.90. The Morgan fingerprint density at radius 1 is 1.11 bits per heavy atom. The van der Waals surface area contributed by atoms with Gasteiger partial charge in [-0.2, -0.15) is 4.98 Å². The van der Waals surface area contributed by atoms with Crippen LogP contribution in [0.5, 0.6) is 0 Å². The zero-order chi connectivity index (χ0) is 18.2. The normalized spacial score (nSPS) is 15.1. The van der Waals surface area contributed by atoms with Crippen molar-refractivity contribution in [2.45, 2.75) is 26.3 Å². The van der Waals surface area contributed by atoms with E-state index in [0.717, 1.165) is 34.6 Å². The lowest BCUT2D eigenvalue weighted by molar-refractivity contribution is 0.324. The van der Waals surface area contributed by atoms with Gasteiger partial charge in [0, 0.05) is 23.5 Å². The Kier molecular flexibility index (Phi) is 4.26. The lowest BCUT2D eigenvalue weighted by Gasteiger charge is -2.14. The second-order valence-corrected chi connectivity index (χ2v) is 8.31. The van der Waals surface area contributed by atoms with Crippen molar-refractivity contribution in [1.29, 1.82) is 0 Å². The summed E-state index contributed by atoms with van der Waals surface area (Å²) in [5.74, 6) is 1.17. The van der Waals surface area contributed by atoms with Gasteiger partial charge >= 0.3 is 0 Å². The molecule has 138 valence electrons. The third-order valence-corrected chi connectivity index (χ3v) is 6.10. The van der Waals surface area contributed by atoms with Gasteiger partial charge in [0.15, 0.2) is 0 Å².